The predicted molar refractivity (Wildman–Crippen MR) is 78.8 cm³/mol. The average Bonchev–Trinajstić information content (AvgIpc) is 2.85. The monoisotopic (exact) mass is 266 g/mol. The molecule has 1 aromatic carbocycles. The summed E-state index contributed by atoms with van der Waals surface area (Å²) in [4.78, 5) is 15.5. The number of carbonyl (C=O) groups is 1. The molecule has 1 aliphatic heterocycles. The number of fused-ring (bicyclic) bond motifs is 1. The predicted octanol–water partition coefficient (Wildman–Crippen LogP) is 2.41. The third kappa shape index (κ3) is 2.51. The molecule has 0 fully saturated rings. The Hall–Kier alpha value is -2.69. The van der Waals surface area contributed by atoms with Gasteiger partial charge < -0.3 is 5.32 Å². The normalized spacial score (nSPS) is 13.8. The van der Waals surface area contributed by atoms with Crippen molar-refractivity contribution in [2.45, 2.75) is 13.3 Å². The summed E-state index contributed by atoms with van der Waals surface area (Å²) in [6, 6.07) is 11.5. The lowest BCUT2D eigenvalue weighted by atomic mass is 10.1. The van der Waals surface area contributed by atoms with E-state index in [4.69, 9.17) is 0 Å². The van der Waals surface area contributed by atoms with Gasteiger partial charge in [0.1, 0.15) is 5.82 Å². The van der Waals surface area contributed by atoms with Crippen molar-refractivity contribution in [3.8, 4) is 0 Å². The molecule has 3 rings (SSSR count). The first kappa shape index (κ1) is 12.3. The van der Waals surface area contributed by atoms with Gasteiger partial charge in [-0.3, -0.25) is 10.2 Å². The van der Waals surface area contributed by atoms with Gasteiger partial charge in [0.05, 0.1) is 12.1 Å². The summed E-state index contributed by atoms with van der Waals surface area (Å²) >= 11 is 0. The Morgan fingerprint density at radius 1 is 1.35 bits per heavy atom. The van der Waals surface area contributed by atoms with Gasteiger partial charge >= 0.3 is 0 Å². The van der Waals surface area contributed by atoms with Crippen molar-refractivity contribution >= 4 is 23.1 Å². The Balaban J connectivity index is 1.79. The van der Waals surface area contributed by atoms with E-state index < -0.39 is 0 Å². The molecule has 0 spiro atoms. The molecule has 0 bridgehead atoms. The summed E-state index contributed by atoms with van der Waals surface area (Å²) in [6.07, 6.45) is 2.14. The van der Waals surface area contributed by atoms with Crippen LogP contribution in [-0.2, 0) is 11.2 Å². The number of hydrogen-bond donors (Lipinski definition) is 2. The molecule has 2 aromatic rings. The van der Waals surface area contributed by atoms with Crippen LogP contribution in [0.25, 0.3) is 0 Å². The highest BCUT2D eigenvalue weighted by molar-refractivity contribution is 6.03. The maximum absolute atomic E-state index is 11.3. The molecule has 1 amide bonds. The van der Waals surface area contributed by atoms with Crippen LogP contribution in [0.3, 0.4) is 0 Å². The summed E-state index contributed by atoms with van der Waals surface area (Å²) in [7, 11) is 0. The smallest absolute Gasteiger partial charge is 0.228 e. The van der Waals surface area contributed by atoms with Crippen molar-refractivity contribution in [3.63, 3.8) is 0 Å². The number of anilines is 2. The molecule has 5 nitrogen and oxygen atoms in total. The van der Waals surface area contributed by atoms with Gasteiger partial charge in [0, 0.05) is 11.9 Å². The fourth-order valence-corrected chi connectivity index (χ4v) is 2.09. The molecule has 1 aliphatic rings. The van der Waals surface area contributed by atoms with Crippen molar-refractivity contribution in [2.24, 2.45) is 5.10 Å². The minimum absolute atomic E-state index is 0.0401. The standard InChI is InChI=1S/C15H14N4O/c1-10(18-19-14-4-2-3-7-16-14)11-5-6-13-12(8-11)9-15(20)17-13/h2-8H,9H2,1H3,(H,16,19)(H,17,20). The van der Waals surface area contributed by atoms with E-state index in [2.05, 4.69) is 20.8 Å². The van der Waals surface area contributed by atoms with E-state index in [1.807, 2.05) is 43.3 Å². The summed E-state index contributed by atoms with van der Waals surface area (Å²) in [5, 5.41) is 7.12. The summed E-state index contributed by atoms with van der Waals surface area (Å²) in [5.74, 6) is 0.739. The Kier molecular flexibility index (Phi) is 3.16. The quantitative estimate of drug-likeness (QED) is 0.662. The van der Waals surface area contributed by atoms with E-state index >= 15 is 0 Å². The van der Waals surface area contributed by atoms with Gasteiger partial charge in [-0.05, 0) is 42.3 Å². The Morgan fingerprint density at radius 2 is 2.25 bits per heavy atom. The van der Waals surface area contributed by atoms with Crippen molar-refractivity contribution in [1.82, 2.24) is 4.98 Å². The van der Waals surface area contributed by atoms with Crippen LogP contribution >= 0.6 is 0 Å². The summed E-state index contributed by atoms with van der Waals surface area (Å²) in [5.41, 5.74) is 6.65. The van der Waals surface area contributed by atoms with Crippen LogP contribution in [0.1, 0.15) is 18.1 Å². The molecule has 0 unspecified atom stereocenters. The largest absolute Gasteiger partial charge is 0.326 e. The van der Waals surface area contributed by atoms with Crippen LogP contribution in [0.5, 0.6) is 0 Å². The van der Waals surface area contributed by atoms with Gasteiger partial charge in [-0.25, -0.2) is 4.98 Å². The number of benzene rings is 1. The number of aromatic nitrogens is 1. The second-order valence-electron chi connectivity index (χ2n) is 4.62. The van der Waals surface area contributed by atoms with Crippen LogP contribution in [-0.4, -0.2) is 16.6 Å². The number of nitrogens with one attached hydrogen (secondary N) is 2. The van der Waals surface area contributed by atoms with Gasteiger partial charge in [-0.2, -0.15) is 5.10 Å². The van der Waals surface area contributed by atoms with Crippen LogP contribution in [0.15, 0.2) is 47.7 Å². The Bertz CT molecular complexity index is 680. The van der Waals surface area contributed by atoms with Gasteiger partial charge in [0.2, 0.25) is 5.91 Å². The molecule has 100 valence electrons. The fourth-order valence-electron chi connectivity index (χ4n) is 2.09. The number of nitrogens with zero attached hydrogens (tertiary/aromatic N) is 2. The zero-order valence-corrected chi connectivity index (χ0v) is 11.1. The van der Waals surface area contributed by atoms with Crippen LogP contribution < -0.4 is 10.7 Å². The fraction of sp³-hybridized carbons (Fsp3) is 0.133. The number of carbonyl (C=O) groups excluding carboxylic acids is 1. The molecular weight excluding hydrogens is 252 g/mol. The minimum atomic E-state index is 0.0401. The molecule has 2 heterocycles. The third-order valence-corrected chi connectivity index (χ3v) is 3.15. The van der Waals surface area contributed by atoms with Crippen molar-refractivity contribution in [1.29, 1.82) is 0 Å². The third-order valence-electron chi connectivity index (χ3n) is 3.15. The molecule has 0 saturated heterocycles. The number of pyridine rings is 1. The zero-order valence-electron chi connectivity index (χ0n) is 11.1. The molecule has 1 aromatic heterocycles. The number of rotatable bonds is 3. The molecular formula is C15H14N4O. The second-order valence-corrected chi connectivity index (χ2v) is 4.62. The summed E-state index contributed by atoms with van der Waals surface area (Å²) in [6.45, 7) is 1.92. The molecule has 20 heavy (non-hydrogen) atoms. The van der Waals surface area contributed by atoms with E-state index in [1.54, 1.807) is 6.20 Å². The van der Waals surface area contributed by atoms with Gasteiger partial charge in [-0.1, -0.05) is 12.1 Å². The first-order valence-electron chi connectivity index (χ1n) is 6.37. The van der Waals surface area contributed by atoms with Crippen molar-refractivity contribution in [3.05, 3.63) is 53.7 Å². The highest BCUT2D eigenvalue weighted by Crippen LogP contribution is 2.24. The van der Waals surface area contributed by atoms with Crippen LogP contribution in [0, 0.1) is 0 Å². The molecule has 5 heteroatoms. The van der Waals surface area contributed by atoms with Crippen LogP contribution in [0.2, 0.25) is 0 Å². The molecule has 0 aliphatic carbocycles. The number of hydrazone groups is 1. The highest BCUT2D eigenvalue weighted by atomic mass is 16.1. The highest BCUT2D eigenvalue weighted by Gasteiger charge is 2.17. The zero-order chi connectivity index (χ0) is 13.9. The Morgan fingerprint density at radius 3 is 3.05 bits per heavy atom. The topological polar surface area (TPSA) is 66.4 Å². The van der Waals surface area contributed by atoms with Gasteiger partial charge in [0.25, 0.3) is 0 Å². The first-order valence-corrected chi connectivity index (χ1v) is 6.37. The maximum Gasteiger partial charge on any atom is 0.228 e. The van der Waals surface area contributed by atoms with E-state index in [9.17, 15) is 4.79 Å². The van der Waals surface area contributed by atoms with E-state index in [0.29, 0.717) is 12.2 Å². The van der Waals surface area contributed by atoms with E-state index in [-0.39, 0.29) is 5.91 Å². The van der Waals surface area contributed by atoms with Gasteiger partial charge in [0.15, 0.2) is 0 Å². The lowest BCUT2D eigenvalue weighted by Gasteiger charge is -2.05. The lowest BCUT2D eigenvalue weighted by Crippen LogP contribution is -2.03. The first-order chi connectivity index (χ1) is 9.72. The van der Waals surface area contributed by atoms with E-state index in [1.165, 1.54) is 0 Å². The molecule has 0 atom stereocenters. The SMILES string of the molecule is CC(=NNc1ccccn1)c1ccc2c(c1)CC(=O)N2. The molecule has 0 radical (unpaired) electrons. The second kappa shape index (κ2) is 5.13. The van der Waals surface area contributed by atoms with Crippen molar-refractivity contribution < 1.29 is 4.79 Å². The van der Waals surface area contributed by atoms with Crippen molar-refractivity contribution in [2.75, 3.05) is 10.7 Å². The average molecular weight is 266 g/mol. The molecule has 0 saturated carbocycles. The number of hydrogen-bond acceptors (Lipinski definition) is 4. The number of amides is 1. The maximum atomic E-state index is 11.3. The lowest BCUT2D eigenvalue weighted by molar-refractivity contribution is -0.115. The van der Waals surface area contributed by atoms with Gasteiger partial charge in [-0.15, -0.1) is 0 Å². The van der Waals surface area contributed by atoms with E-state index in [0.717, 1.165) is 22.5 Å². The van der Waals surface area contributed by atoms with Crippen LogP contribution in [0.4, 0.5) is 11.5 Å². The Labute approximate surface area is 116 Å². The minimum Gasteiger partial charge on any atom is -0.326 e. The molecule has 2 N–H and O–H groups in total. The summed E-state index contributed by atoms with van der Waals surface area (Å²) < 4.78 is 0.